The van der Waals surface area contributed by atoms with Crippen molar-refractivity contribution in [3.63, 3.8) is 0 Å². The van der Waals surface area contributed by atoms with E-state index in [1.54, 1.807) is 6.92 Å². The molecule has 0 radical (unpaired) electrons. The summed E-state index contributed by atoms with van der Waals surface area (Å²) >= 11 is 0. The van der Waals surface area contributed by atoms with Gasteiger partial charge in [0.15, 0.2) is 0 Å². The van der Waals surface area contributed by atoms with Gasteiger partial charge < -0.3 is 15.3 Å². The first-order valence-electron chi connectivity index (χ1n) is 9.42. The molecule has 3 rings (SSSR count). The normalized spacial score (nSPS) is 15.1. The fraction of sp³-hybridized carbons (Fsp3) is 0.391. The number of rotatable bonds is 5. The minimum Gasteiger partial charge on any atom is -0.396 e. The second kappa shape index (κ2) is 10.3. The third-order valence-electron chi connectivity index (χ3n) is 4.98. The van der Waals surface area contributed by atoms with Gasteiger partial charge in [0.05, 0.1) is 26.2 Å². The predicted molar refractivity (Wildman–Crippen MR) is 108 cm³/mol. The summed E-state index contributed by atoms with van der Waals surface area (Å²) in [5.74, 6) is 0.199. The van der Waals surface area contributed by atoms with Gasteiger partial charge in [-0.2, -0.15) is 0 Å². The van der Waals surface area contributed by atoms with Crippen molar-refractivity contribution in [2.45, 2.75) is 32.1 Å². The van der Waals surface area contributed by atoms with Crippen molar-refractivity contribution in [3.8, 4) is 11.1 Å². The van der Waals surface area contributed by atoms with E-state index in [1.807, 2.05) is 30.3 Å². The molecule has 0 atom stereocenters. The molecule has 2 aromatic carbocycles. The molecule has 0 heterocycles. The lowest BCUT2D eigenvalue weighted by molar-refractivity contribution is -0.130. The number of hydrogen-bond donors (Lipinski definition) is 3. The van der Waals surface area contributed by atoms with E-state index in [9.17, 15) is 9.59 Å². The number of carbonyl (C=O) groups is 2. The number of hydrogen-bond acceptors (Lipinski definition) is 5. The minimum absolute atomic E-state index is 0.0635. The summed E-state index contributed by atoms with van der Waals surface area (Å²) in [6, 6.07) is 18.4. The number of aliphatic hydroxyl groups excluding tert-OH is 3. The SMILES string of the molecule is CC(CO)(CO)CO.O=C1CC(=O)CC(c2ccc(-c3ccccc3)cc2)C1. The number of ketones is 2. The lowest BCUT2D eigenvalue weighted by Gasteiger charge is -2.20. The van der Waals surface area contributed by atoms with Crippen LogP contribution in [-0.2, 0) is 9.59 Å². The van der Waals surface area contributed by atoms with Gasteiger partial charge in [-0.15, -0.1) is 0 Å². The number of aliphatic hydroxyl groups is 3. The molecule has 0 unspecified atom stereocenters. The first kappa shape index (κ1) is 22.0. The number of benzene rings is 2. The summed E-state index contributed by atoms with van der Waals surface area (Å²) in [5.41, 5.74) is 2.71. The minimum atomic E-state index is -0.708. The molecule has 2 aromatic rings. The van der Waals surface area contributed by atoms with Crippen LogP contribution in [0.3, 0.4) is 0 Å². The van der Waals surface area contributed by atoms with Crippen LogP contribution in [-0.4, -0.2) is 46.7 Å². The standard InChI is InChI=1S/C18H16O2.C5H12O3/c19-17-10-16(11-18(20)12-17)15-8-6-14(7-9-15)13-4-2-1-3-5-13;1-5(2-6,3-7)4-8/h1-9,16H,10-12H2;6-8H,2-4H2,1H3. The Labute approximate surface area is 165 Å². The quantitative estimate of drug-likeness (QED) is 0.689. The lowest BCUT2D eigenvalue weighted by atomic mass is 9.82. The van der Waals surface area contributed by atoms with E-state index in [4.69, 9.17) is 15.3 Å². The van der Waals surface area contributed by atoms with Crippen LogP contribution in [0.25, 0.3) is 11.1 Å². The van der Waals surface area contributed by atoms with Gasteiger partial charge in [-0.1, -0.05) is 61.5 Å². The molecular weight excluding hydrogens is 356 g/mol. The highest BCUT2D eigenvalue weighted by molar-refractivity contribution is 6.02. The zero-order valence-electron chi connectivity index (χ0n) is 16.2. The van der Waals surface area contributed by atoms with E-state index in [2.05, 4.69) is 24.3 Å². The van der Waals surface area contributed by atoms with E-state index in [-0.39, 0.29) is 43.7 Å². The second-order valence-electron chi connectivity index (χ2n) is 7.63. The van der Waals surface area contributed by atoms with Crippen molar-refractivity contribution in [2.24, 2.45) is 5.41 Å². The molecule has 0 aliphatic heterocycles. The van der Waals surface area contributed by atoms with Crippen molar-refractivity contribution < 1.29 is 24.9 Å². The van der Waals surface area contributed by atoms with Gasteiger partial charge >= 0.3 is 0 Å². The van der Waals surface area contributed by atoms with Gasteiger partial charge in [-0.25, -0.2) is 0 Å². The van der Waals surface area contributed by atoms with Gasteiger partial charge in [0.2, 0.25) is 0 Å². The van der Waals surface area contributed by atoms with Crippen LogP contribution in [0.1, 0.15) is 37.7 Å². The highest BCUT2D eigenvalue weighted by Crippen LogP contribution is 2.30. The molecule has 150 valence electrons. The average Bonchev–Trinajstić information content (AvgIpc) is 2.74. The van der Waals surface area contributed by atoms with Crippen molar-refractivity contribution in [1.82, 2.24) is 0 Å². The van der Waals surface area contributed by atoms with E-state index < -0.39 is 5.41 Å². The Hall–Kier alpha value is -2.34. The summed E-state index contributed by atoms with van der Waals surface area (Å²) in [6.45, 7) is 1.06. The van der Waals surface area contributed by atoms with Crippen LogP contribution in [0.4, 0.5) is 0 Å². The molecule has 1 aliphatic carbocycles. The Morgan fingerprint density at radius 2 is 1.25 bits per heavy atom. The fourth-order valence-electron chi connectivity index (χ4n) is 2.95. The van der Waals surface area contributed by atoms with E-state index >= 15 is 0 Å². The van der Waals surface area contributed by atoms with Gasteiger partial charge in [0.1, 0.15) is 11.6 Å². The Morgan fingerprint density at radius 3 is 1.68 bits per heavy atom. The first-order valence-corrected chi connectivity index (χ1v) is 9.42. The highest BCUT2D eigenvalue weighted by atomic mass is 16.3. The Bertz CT molecular complexity index is 739. The van der Waals surface area contributed by atoms with Crippen LogP contribution in [0, 0.1) is 5.41 Å². The first-order chi connectivity index (χ1) is 13.4. The molecule has 1 fully saturated rings. The molecule has 28 heavy (non-hydrogen) atoms. The monoisotopic (exact) mass is 384 g/mol. The molecule has 5 heteroatoms. The Morgan fingerprint density at radius 1 is 0.786 bits per heavy atom. The largest absolute Gasteiger partial charge is 0.396 e. The predicted octanol–water partition coefficient (Wildman–Crippen LogP) is 2.73. The summed E-state index contributed by atoms with van der Waals surface area (Å²) in [4.78, 5) is 23.0. The van der Waals surface area contributed by atoms with Crippen LogP contribution in [0.5, 0.6) is 0 Å². The van der Waals surface area contributed by atoms with Gasteiger partial charge in [0, 0.05) is 18.3 Å². The Kier molecular flexibility index (Phi) is 8.05. The van der Waals surface area contributed by atoms with Crippen molar-refractivity contribution >= 4 is 11.6 Å². The Balaban J connectivity index is 0.000000300. The zero-order valence-corrected chi connectivity index (χ0v) is 16.2. The molecule has 0 aromatic heterocycles. The van der Waals surface area contributed by atoms with E-state index in [1.165, 1.54) is 5.56 Å². The topological polar surface area (TPSA) is 94.8 Å². The van der Waals surface area contributed by atoms with E-state index in [0.29, 0.717) is 12.8 Å². The van der Waals surface area contributed by atoms with Crippen molar-refractivity contribution in [3.05, 3.63) is 60.2 Å². The lowest BCUT2D eigenvalue weighted by Crippen LogP contribution is -2.29. The van der Waals surface area contributed by atoms with Gasteiger partial charge in [0.25, 0.3) is 0 Å². The van der Waals surface area contributed by atoms with Crippen LogP contribution < -0.4 is 0 Å². The maximum atomic E-state index is 11.5. The molecule has 0 bridgehead atoms. The van der Waals surface area contributed by atoms with Gasteiger partial charge in [-0.3, -0.25) is 9.59 Å². The van der Waals surface area contributed by atoms with Crippen molar-refractivity contribution in [1.29, 1.82) is 0 Å². The summed E-state index contributed by atoms with van der Waals surface area (Å²) < 4.78 is 0. The second-order valence-corrected chi connectivity index (χ2v) is 7.63. The maximum absolute atomic E-state index is 11.5. The number of Topliss-reactive ketones (excluding diaryl/α,β-unsaturated/α-hetero) is 2. The molecule has 1 saturated carbocycles. The third kappa shape index (κ3) is 6.09. The number of carbonyl (C=O) groups excluding carboxylic acids is 2. The molecule has 0 saturated heterocycles. The molecule has 5 nitrogen and oxygen atoms in total. The van der Waals surface area contributed by atoms with Crippen LogP contribution in [0.2, 0.25) is 0 Å². The molecular formula is C23H28O5. The molecule has 0 amide bonds. The molecule has 0 spiro atoms. The smallest absolute Gasteiger partial charge is 0.140 e. The summed E-state index contributed by atoms with van der Waals surface area (Å²) in [7, 11) is 0. The third-order valence-corrected chi connectivity index (χ3v) is 4.98. The van der Waals surface area contributed by atoms with Crippen LogP contribution in [0.15, 0.2) is 54.6 Å². The average molecular weight is 384 g/mol. The van der Waals surface area contributed by atoms with Crippen LogP contribution >= 0.6 is 0 Å². The molecule has 3 N–H and O–H groups in total. The van der Waals surface area contributed by atoms with Crippen molar-refractivity contribution in [2.75, 3.05) is 19.8 Å². The fourth-order valence-corrected chi connectivity index (χ4v) is 2.95. The van der Waals surface area contributed by atoms with E-state index in [0.717, 1.165) is 11.1 Å². The summed E-state index contributed by atoms with van der Waals surface area (Å²) in [5, 5.41) is 25.4. The maximum Gasteiger partial charge on any atom is 0.140 e. The van der Waals surface area contributed by atoms with Gasteiger partial charge in [-0.05, 0) is 22.6 Å². The highest BCUT2D eigenvalue weighted by Gasteiger charge is 2.26. The summed E-state index contributed by atoms with van der Waals surface area (Å²) in [6.07, 6.45) is 1.12. The zero-order chi connectivity index (χ0) is 20.6. The molecule has 1 aliphatic rings.